The Morgan fingerprint density at radius 2 is 2.11 bits per heavy atom. The summed E-state index contributed by atoms with van der Waals surface area (Å²) in [6.07, 6.45) is 4.21. The predicted molar refractivity (Wildman–Crippen MR) is 77.9 cm³/mol. The molecule has 0 radical (unpaired) electrons. The Morgan fingerprint density at radius 3 is 2.79 bits per heavy atom. The average molecular weight is 257 g/mol. The maximum Gasteiger partial charge on any atom is 0.244 e. The van der Waals surface area contributed by atoms with Crippen LogP contribution in [0.1, 0.15) is 32.1 Å². The summed E-state index contributed by atoms with van der Waals surface area (Å²) in [5.74, 6) is 0.831. The first-order valence-corrected chi connectivity index (χ1v) is 6.60. The number of hydrogen-bond donors (Lipinski definition) is 1. The van der Waals surface area contributed by atoms with Crippen LogP contribution in [0.4, 0.5) is 0 Å². The summed E-state index contributed by atoms with van der Waals surface area (Å²) >= 11 is 0. The molecule has 0 saturated heterocycles. The Hall–Kier alpha value is -2.03. The maximum absolute atomic E-state index is 11.7. The zero-order valence-corrected chi connectivity index (χ0v) is 11.6. The second kappa shape index (κ2) is 5.74. The van der Waals surface area contributed by atoms with Gasteiger partial charge in [0.2, 0.25) is 5.91 Å². The standard InChI is InChI=1S/C16H19NO2/c1-4-14-13(9-10-16(18)17-11(2)3)12-7-5-6-8-15(12)19-14/h5-11H,4H2,1-3H3,(H,17,18)/b10-9+. The van der Waals surface area contributed by atoms with Gasteiger partial charge in [0, 0.05) is 29.5 Å². The van der Waals surface area contributed by atoms with Crippen LogP contribution in [0.25, 0.3) is 17.0 Å². The van der Waals surface area contributed by atoms with Crippen molar-refractivity contribution in [3.63, 3.8) is 0 Å². The average Bonchev–Trinajstić information content (AvgIpc) is 2.73. The highest BCUT2D eigenvalue weighted by Crippen LogP contribution is 2.27. The largest absolute Gasteiger partial charge is 0.460 e. The van der Waals surface area contributed by atoms with Crippen molar-refractivity contribution in [2.75, 3.05) is 0 Å². The Bertz CT molecular complexity index is 608. The number of amides is 1. The van der Waals surface area contributed by atoms with E-state index in [4.69, 9.17) is 4.42 Å². The van der Waals surface area contributed by atoms with Crippen molar-refractivity contribution < 1.29 is 9.21 Å². The van der Waals surface area contributed by atoms with Crippen LogP contribution in [-0.4, -0.2) is 11.9 Å². The fourth-order valence-electron chi connectivity index (χ4n) is 2.05. The first-order chi connectivity index (χ1) is 9.11. The van der Waals surface area contributed by atoms with Gasteiger partial charge in [-0.15, -0.1) is 0 Å². The van der Waals surface area contributed by atoms with E-state index in [2.05, 4.69) is 5.32 Å². The van der Waals surface area contributed by atoms with Gasteiger partial charge in [-0.1, -0.05) is 25.1 Å². The van der Waals surface area contributed by atoms with Gasteiger partial charge in [-0.2, -0.15) is 0 Å². The van der Waals surface area contributed by atoms with E-state index in [1.807, 2.05) is 51.1 Å². The second-order valence-electron chi connectivity index (χ2n) is 4.79. The molecule has 0 fully saturated rings. The van der Waals surface area contributed by atoms with E-state index >= 15 is 0 Å². The number of para-hydroxylation sites is 1. The highest BCUT2D eigenvalue weighted by Gasteiger charge is 2.10. The zero-order valence-electron chi connectivity index (χ0n) is 11.6. The van der Waals surface area contributed by atoms with Crippen molar-refractivity contribution in [2.45, 2.75) is 33.2 Å². The molecule has 1 heterocycles. The van der Waals surface area contributed by atoms with Gasteiger partial charge >= 0.3 is 0 Å². The molecule has 0 atom stereocenters. The predicted octanol–water partition coefficient (Wildman–Crippen LogP) is 3.53. The third-order valence-electron chi connectivity index (χ3n) is 2.86. The van der Waals surface area contributed by atoms with Crippen LogP contribution in [0.5, 0.6) is 0 Å². The van der Waals surface area contributed by atoms with Crippen molar-refractivity contribution in [3.05, 3.63) is 41.7 Å². The van der Waals surface area contributed by atoms with Crippen molar-refractivity contribution in [1.82, 2.24) is 5.32 Å². The van der Waals surface area contributed by atoms with Crippen molar-refractivity contribution in [1.29, 1.82) is 0 Å². The molecular formula is C16H19NO2. The SMILES string of the molecule is CCc1oc2ccccc2c1/C=C/C(=O)NC(C)C. The van der Waals surface area contributed by atoms with E-state index in [0.29, 0.717) is 0 Å². The van der Waals surface area contributed by atoms with Crippen LogP contribution in [0.15, 0.2) is 34.8 Å². The lowest BCUT2D eigenvalue weighted by Crippen LogP contribution is -2.28. The second-order valence-corrected chi connectivity index (χ2v) is 4.79. The van der Waals surface area contributed by atoms with Crippen LogP contribution < -0.4 is 5.32 Å². The normalized spacial score (nSPS) is 11.6. The number of nitrogens with one attached hydrogen (secondary N) is 1. The number of aryl methyl sites for hydroxylation is 1. The van der Waals surface area contributed by atoms with Gasteiger partial charge in [0.05, 0.1) is 0 Å². The molecule has 1 aromatic heterocycles. The number of fused-ring (bicyclic) bond motifs is 1. The van der Waals surface area contributed by atoms with Crippen LogP contribution in [0.2, 0.25) is 0 Å². The van der Waals surface area contributed by atoms with Gasteiger partial charge < -0.3 is 9.73 Å². The van der Waals surface area contributed by atoms with E-state index in [-0.39, 0.29) is 11.9 Å². The van der Waals surface area contributed by atoms with Gasteiger partial charge in [-0.3, -0.25) is 4.79 Å². The molecule has 0 aliphatic rings. The molecule has 1 aromatic carbocycles. The van der Waals surface area contributed by atoms with E-state index in [1.54, 1.807) is 6.08 Å². The number of carbonyl (C=O) groups excluding carboxylic acids is 1. The summed E-state index contributed by atoms with van der Waals surface area (Å²) in [4.78, 5) is 11.7. The van der Waals surface area contributed by atoms with Crippen molar-refractivity contribution in [2.24, 2.45) is 0 Å². The van der Waals surface area contributed by atoms with Crippen LogP contribution in [-0.2, 0) is 11.2 Å². The summed E-state index contributed by atoms with van der Waals surface area (Å²) in [6, 6.07) is 8.02. The first kappa shape index (κ1) is 13.4. The number of benzene rings is 1. The minimum atomic E-state index is -0.0812. The minimum Gasteiger partial charge on any atom is -0.460 e. The maximum atomic E-state index is 11.7. The topological polar surface area (TPSA) is 42.2 Å². The molecule has 2 aromatic rings. The van der Waals surface area contributed by atoms with E-state index < -0.39 is 0 Å². The zero-order chi connectivity index (χ0) is 13.8. The molecule has 2 rings (SSSR count). The summed E-state index contributed by atoms with van der Waals surface area (Å²) in [7, 11) is 0. The van der Waals surface area contributed by atoms with E-state index in [9.17, 15) is 4.79 Å². The molecule has 1 N–H and O–H groups in total. The van der Waals surface area contributed by atoms with Gasteiger partial charge in [-0.25, -0.2) is 0 Å². The quantitative estimate of drug-likeness (QED) is 0.851. The lowest BCUT2D eigenvalue weighted by Gasteiger charge is -2.04. The molecule has 0 bridgehead atoms. The lowest BCUT2D eigenvalue weighted by molar-refractivity contribution is -0.116. The molecule has 0 unspecified atom stereocenters. The Kier molecular flexibility index (Phi) is 4.05. The minimum absolute atomic E-state index is 0.0812. The van der Waals surface area contributed by atoms with E-state index in [1.165, 1.54) is 0 Å². The monoisotopic (exact) mass is 257 g/mol. The molecular weight excluding hydrogens is 238 g/mol. The Morgan fingerprint density at radius 1 is 1.37 bits per heavy atom. The highest BCUT2D eigenvalue weighted by molar-refractivity contribution is 5.96. The van der Waals surface area contributed by atoms with Gasteiger partial charge in [-0.05, 0) is 26.0 Å². The van der Waals surface area contributed by atoms with E-state index in [0.717, 1.165) is 28.7 Å². The van der Waals surface area contributed by atoms with Crippen molar-refractivity contribution in [3.8, 4) is 0 Å². The molecule has 19 heavy (non-hydrogen) atoms. The molecule has 100 valence electrons. The number of carbonyl (C=O) groups is 1. The lowest BCUT2D eigenvalue weighted by atomic mass is 10.1. The van der Waals surface area contributed by atoms with Gasteiger partial charge in [0.15, 0.2) is 0 Å². The summed E-state index contributed by atoms with van der Waals surface area (Å²) < 4.78 is 5.78. The van der Waals surface area contributed by atoms with Crippen molar-refractivity contribution >= 4 is 23.0 Å². The molecule has 0 aliphatic carbocycles. The number of hydrogen-bond acceptors (Lipinski definition) is 2. The fourth-order valence-corrected chi connectivity index (χ4v) is 2.05. The fraction of sp³-hybridized carbons (Fsp3) is 0.312. The summed E-state index contributed by atoms with van der Waals surface area (Å²) in [6.45, 7) is 5.93. The van der Waals surface area contributed by atoms with Gasteiger partial charge in [0.1, 0.15) is 11.3 Å². The van der Waals surface area contributed by atoms with Gasteiger partial charge in [0.25, 0.3) is 0 Å². The van der Waals surface area contributed by atoms with Crippen LogP contribution in [0, 0.1) is 0 Å². The van der Waals surface area contributed by atoms with Crippen LogP contribution in [0.3, 0.4) is 0 Å². The molecule has 1 amide bonds. The smallest absolute Gasteiger partial charge is 0.244 e. The molecule has 3 heteroatoms. The Balaban J connectivity index is 2.33. The molecule has 3 nitrogen and oxygen atoms in total. The Labute approximate surface area is 113 Å². The number of furan rings is 1. The summed E-state index contributed by atoms with van der Waals surface area (Å²) in [5.41, 5.74) is 1.86. The third-order valence-corrected chi connectivity index (χ3v) is 2.86. The third kappa shape index (κ3) is 3.05. The molecule has 0 saturated carbocycles. The molecule has 0 aliphatic heterocycles. The summed E-state index contributed by atoms with van der Waals surface area (Å²) in [5, 5.41) is 3.88. The molecule has 0 spiro atoms. The first-order valence-electron chi connectivity index (χ1n) is 6.60. The highest BCUT2D eigenvalue weighted by atomic mass is 16.3. The number of rotatable bonds is 4. The van der Waals surface area contributed by atoms with Crippen LogP contribution >= 0.6 is 0 Å².